The highest BCUT2D eigenvalue weighted by molar-refractivity contribution is 5.74. The summed E-state index contributed by atoms with van der Waals surface area (Å²) in [6.07, 6.45) is 14.3. The zero-order valence-electron chi connectivity index (χ0n) is 54.0. The van der Waals surface area contributed by atoms with Crippen LogP contribution < -0.4 is 0 Å². The summed E-state index contributed by atoms with van der Waals surface area (Å²) in [5.74, 6) is 2.13. The largest absolute Gasteiger partial charge is 0.349 e. The second kappa shape index (κ2) is 26.9. The third kappa shape index (κ3) is 18.4. The Bertz CT molecular complexity index is 2680. The second-order valence-corrected chi connectivity index (χ2v) is 29.5. The molecule has 0 radical (unpaired) electrons. The number of benzene rings is 2. The summed E-state index contributed by atoms with van der Waals surface area (Å²) in [5.41, 5.74) is 11.1. The van der Waals surface area contributed by atoms with Gasteiger partial charge in [-0.05, 0) is 189 Å². The van der Waals surface area contributed by atoms with Gasteiger partial charge in [-0.3, -0.25) is 34.4 Å². The van der Waals surface area contributed by atoms with Crippen LogP contribution in [0.1, 0.15) is 183 Å². The Balaban J connectivity index is 0.000000140. The van der Waals surface area contributed by atoms with Gasteiger partial charge < -0.3 is 9.55 Å². The van der Waals surface area contributed by atoms with Crippen LogP contribution in [0, 0.1) is 0 Å². The highest BCUT2D eigenvalue weighted by Crippen LogP contribution is 2.29. The molecule has 0 spiro atoms. The summed E-state index contributed by atoms with van der Waals surface area (Å²) in [4.78, 5) is 31.6. The molecule has 10 heterocycles. The summed E-state index contributed by atoms with van der Waals surface area (Å²) >= 11 is 0. The van der Waals surface area contributed by atoms with E-state index in [1.54, 1.807) is 6.33 Å². The first-order valence-electron chi connectivity index (χ1n) is 30.9. The Morgan fingerprint density at radius 3 is 1.70 bits per heavy atom. The molecule has 0 aliphatic carbocycles. The van der Waals surface area contributed by atoms with E-state index < -0.39 is 0 Å². The van der Waals surface area contributed by atoms with Gasteiger partial charge in [0.25, 0.3) is 0 Å². The number of para-hydroxylation sites is 2. The molecular weight excluding hydrogens is 999 g/mol. The van der Waals surface area contributed by atoms with Crippen molar-refractivity contribution in [3.8, 4) is 0 Å². The number of pyridine rings is 1. The van der Waals surface area contributed by atoms with Crippen molar-refractivity contribution in [1.82, 2.24) is 63.7 Å². The van der Waals surface area contributed by atoms with Gasteiger partial charge in [-0.1, -0.05) is 63.6 Å². The normalized spacial score (nSPS) is 19.6. The number of piperazine rings is 1. The van der Waals surface area contributed by atoms with E-state index in [1.165, 1.54) is 92.9 Å². The Morgan fingerprint density at radius 2 is 1.06 bits per heavy atom. The van der Waals surface area contributed by atoms with E-state index in [-0.39, 0.29) is 16.5 Å². The highest BCUT2D eigenvalue weighted by Gasteiger charge is 2.34. The van der Waals surface area contributed by atoms with Gasteiger partial charge in [-0.2, -0.15) is 5.10 Å². The molecule has 2 fully saturated rings. The molecule has 6 aliphatic rings. The SMILES string of the molecule is CC(C)(C)N1CCN2CCCCC2C1.CC(C)(C)N1CCc2ccccc2C1.CC(C)(C)N1CCc2cnccc2C1.CC(C)(C)N1CCn2cccc2C1.CC(C)(C)N1CCn2ncnc2C1.CC(C)(C)c1nc2ccccc2[nH]1. The number of nitrogens with one attached hydrogen (secondary N) is 1. The molecule has 0 amide bonds. The first-order valence-corrected chi connectivity index (χ1v) is 30.9. The van der Waals surface area contributed by atoms with E-state index in [2.05, 4.69) is 238 Å². The van der Waals surface area contributed by atoms with Crippen LogP contribution in [0.25, 0.3) is 11.0 Å². The number of nitrogens with zero attached hydrogens (tertiary/aromatic N) is 12. The third-order valence-electron chi connectivity index (χ3n) is 17.3. The van der Waals surface area contributed by atoms with Crippen LogP contribution in [0.3, 0.4) is 0 Å². The van der Waals surface area contributed by atoms with Crippen LogP contribution in [-0.2, 0) is 57.5 Å². The minimum absolute atomic E-state index is 0.0962. The molecule has 6 aromatic rings. The standard InChI is InChI=1S/C13H19N.C12H18N2.C12H24N2.C11H18N2.C11H14N2.C9H16N4/c1-13(2,3)14-9-8-11-6-4-5-7-12(11)10-14;1-12(2,3)14-7-5-10-8-13-6-4-11(10)9-14;1-12(2,3)14-9-8-13-7-5-4-6-11(13)10-14;1-11(2,3)13-8-7-12-6-4-5-10(12)9-13;1-11(2,3)10-12-8-6-4-5-7-9(8)13-10;1-9(2,3)12-4-5-13-8(6-12)10-7-11-13/h4-7H,8-10H2,1-3H3;4,6,8H,5,7,9H2,1-3H3;11H,4-10H2,1-3H3;4-6H,7-9H2,1-3H3;4-7H,1-3H3,(H,12,13);7H,4-6H2,1-3H3. The number of aromatic nitrogens is 7. The number of imidazole rings is 1. The van der Waals surface area contributed by atoms with Gasteiger partial charge in [-0.15, -0.1) is 0 Å². The topological polar surface area (TPSA) is 96.7 Å². The minimum atomic E-state index is 0.0962. The molecule has 12 rings (SSSR count). The summed E-state index contributed by atoms with van der Waals surface area (Å²) in [7, 11) is 0. The van der Waals surface area contributed by atoms with Gasteiger partial charge in [0.1, 0.15) is 18.0 Å². The molecule has 81 heavy (non-hydrogen) atoms. The minimum Gasteiger partial charge on any atom is -0.349 e. The number of rotatable bonds is 0. The summed E-state index contributed by atoms with van der Waals surface area (Å²) in [6.45, 7) is 56.8. The van der Waals surface area contributed by atoms with E-state index in [0.717, 1.165) is 87.5 Å². The number of H-pyrrole nitrogens is 1. The molecule has 13 heteroatoms. The molecule has 0 bridgehead atoms. The number of piperidine rings is 1. The molecule has 1 atom stereocenters. The summed E-state index contributed by atoms with van der Waals surface area (Å²) < 4.78 is 4.34. The van der Waals surface area contributed by atoms with E-state index in [0.29, 0.717) is 16.6 Å². The van der Waals surface area contributed by atoms with Crippen LogP contribution in [0.15, 0.2) is 91.6 Å². The first-order chi connectivity index (χ1) is 37.9. The van der Waals surface area contributed by atoms with Crippen LogP contribution in [0.5, 0.6) is 0 Å². The average Bonchev–Trinajstić information content (AvgIpc) is 4.39. The quantitative estimate of drug-likeness (QED) is 0.158. The fourth-order valence-corrected chi connectivity index (χ4v) is 11.6. The maximum absolute atomic E-state index is 4.53. The van der Waals surface area contributed by atoms with Crippen LogP contribution >= 0.6 is 0 Å². The molecule has 1 N–H and O–H groups in total. The van der Waals surface area contributed by atoms with E-state index in [4.69, 9.17) is 0 Å². The van der Waals surface area contributed by atoms with Crippen molar-refractivity contribution >= 4 is 11.0 Å². The molecule has 0 saturated carbocycles. The van der Waals surface area contributed by atoms with Gasteiger partial charge in [-0.25, -0.2) is 14.6 Å². The second-order valence-electron chi connectivity index (χ2n) is 29.5. The van der Waals surface area contributed by atoms with Crippen LogP contribution in [0.4, 0.5) is 0 Å². The number of aromatic amines is 1. The first kappa shape index (κ1) is 63.8. The van der Waals surface area contributed by atoms with Crippen molar-refractivity contribution < 1.29 is 0 Å². The lowest BCUT2D eigenvalue weighted by Gasteiger charge is -2.48. The monoisotopic (exact) mass is 1110 g/mol. The molecule has 6 aliphatic heterocycles. The lowest BCUT2D eigenvalue weighted by molar-refractivity contribution is 0.00573. The van der Waals surface area contributed by atoms with Crippen molar-refractivity contribution in [2.24, 2.45) is 0 Å². The molecule has 1 unspecified atom stereocenters. The third-order valence-corrected chi connectivity index (χ3v) is 17.3. The maximum Gasteiger partial charge on any atom is 0.141 e. The van der Waals surface area contributed by atoms with Crippen molar-refractivity contribution in [1.29, 1.82) is 0 Å². The molecular formula is C68H109N13. The van der Waals surface area contributed by atoms with E-state index >= 15 is 0 Å². The van der Waals surface area contributed by atoms with Gasteiger partial charge in [0.15, 0.2) is 0 Å². The predicted molar refractivity (Wildman–Crippen MR) is 339 cm³/mol. The Kier molecular flexibility index (Phi) is 21.2. The fourth-order valence-electron chi connectivity index (χ4n) is 11.6. The number of hydrogen-bond donors (Lipinski definition) is 1. The zero-order valence-corrected chi connectivity index (χ0v) is 54.0. The summed E-state index contributed by atoms with van der Waals surface area (Å²) in [5, 5.41) is 4.15. The van der Waals surface area contributed by atoms with Gasteiger partial charge in [0.2, 0.25) is 0 Å². The zero-order chi connectivity index (χ0) is 59.0. The molecule has 4 aromatic heterocycles. The van der Waals surface area contributed by atoms with Crippen molar-refractivity contribution in [3.05, 3.63) is 131 Å². The smallest absolute Gasteiger partial charge is 0.141 e. The molecule has 13 nitrogen and oxygen atoms in total. The van der Waals surface area contributed by atoms with Gasteiger partial charge in [0, 0.05) is 135 Å². The van der Waals surface area contributed by atoms with Crippen LogP contribution in [-0.4, -0.2) is 150 Å². The summed E-state index contributed by atoms with van der Waals surface area (Å²) in [6, 6.07) is 24.3. The van der Waals surface area contributed by atoms with Crippen molar-refractivity contribution in [3.63, 3.8) is 0 Å². The number of hydrogen-bond acceptors (Lipinski definition) is 10. The van der Waals surface area contributed by atoms with Gasteiger partial charge >= 0.3 is 0 Å². The Labute approximate surface area is 491 Å². The van der Waals surface area contributed by atoms with Crippen LogP contribution in [0.2, 0.25) is 0 Å². The molecule has 446 valence electrons. The lowest BCUT2D eigenvalue weighted by Crippen LogP contribution is -2.59. The van der Waals surface area contributed by atoms with Crippen molar-refractivity contribution in [2.75, 3.05) is 52.4 Å². The Hall–Kier alpha value is -4.76. The molecule has 2 aromatic carbocycles. The fraction of sp³-hybridized carbons (Fsp3) is 0.647. The van der Waals surface area contributed by atoms with Gasteiger partial charge in [0.05, 0.1) is 24.1 Å². The number of fused-ring (bicyclic) bond motifs is 6. The highest BCUT2D eigenvalue weighted by atomic mass is 15.4. The predicted octanol–water partition coefficient (Wildman–Crippen LogP) is 12.9. The Morgan fingerprint density at radius 1 is 0.494 bits per heavy atom. The maximum atomic E-state index is 4.53. The lowest BCUT2D eigenvalue weighted by atomic mass is 9.95. The van der Waals surface area contributed by atoms with Crippen molar-refractivity contribution in [2.45, 2.75) is 235 Å². The van der Waals surface area contributed by atoms with E-state index in [9.17, 15) is 0 Å². The van der Waals surface area contributed by atoms with E-state index in [1.807, 2.05) is 35.3 Å². The molecule has 2 saturated heterocycles. The average molecular weight is 1110 g/mol.